The normalized spacial score (nSPS) is 15.7. The van der Waals surface area contributed by atoms with Crippen molar-refractivity contribution in [2.24, 2.45) is 5.73 Å². The highest BCUT2D eigenvalue weighted by atomic mass is 35.5. The van der Waals surface area contributed by atoms with Crippen molar-refractivity contribution in [3.63, 3.8) is 0 Å². The summed E-state index contributed by atoms with van der Waals surface area (Å²) in [6, 6.07) is 12.2. The Balaban J connectivity index is 1.57. The lowest BCUT2D eigenvalue weighted by molar-refractivity contribution is 0.1000. The van der Waals surface area contributed by atoms with Crippen LogP contribution in [0.3, 0.4) is 0 Å². The molecule has 0 radical (unpaired) electrons. The van der Waals surface area contributed by atoms with Crippen LogP contribution in [0, 0.1) is 13.8 Å². The van der Waals surface area contributed by atoms with Gasteiger partial charge in [0.05, 0.1) is 12.6 Å². The van der Waals surface area contributed by atoms with Crippen molar-refractivity contribution in [1.29, 1.82) is 0 Å². The third kappa shape index (κ3) is 4.45. The van der Waals surface area contributed by atoms with Crippen LogP contribution < -0.4 is 11.1 Å². The first-order valence-corrected chi connectivity index (χ1v) is 10.8. The predicted octanol–water partition coefficient (Wildman–Crippen LogP) is 4.06. The topological polar surface area (TPSA) is 106 Å². The quantitative estimate of drug-likeness (QED) is 0.608. The van der Waals surface area contributed by atoms with Crippen molar-refractivity contribution in [2.45, 2.75) is 39.3 Å². The number of urea groups is 1. The molecule has 3 N–H and O–H groups in total. The summed E-state index contributed by atoms with van der Waals surface area (Å²) in [5.41, 5.74) is 8.23. The van der Waals surface area contributed by atoms with Crippen LogP contribution in [-0.4, -0.2) is 38.1 Å². The number of benzene rings is 2. The minimum atomic E-state index is -0.537. The number of hydrogen-bond donors (Lipinski definition) is 2. The van der Waals surface area contributed by atoms with E-state index in [0.29, 0.717) is 29.4 Å². The van der Waals surface area contributed by atoms with Crippen LogP contribution in [0.1, 0.15) is 52.0 Å². The van der Waals surface area contributed by atoms with Gasteiger partial charge < -0.3 is 20.5 Å². The molecule has 1 aliphatic heterocycles. The molecule has 0 unspecified atom stereocenters. The van der Waals surface area contributed by atoms with Crippen LogP contribution in [0.5, 0.6) is 0 Å². The van der Waals surface area contributed by atoms with E-state index in [0.717, 1.165) is 35.6 Å². The molecule has 2 aromatic carbocycles. The Labute approximate surface area is 191 Å². The Morgan fingerprint density at radius 2 is 1.91 bits per heavy atom. The average molecular weight is 453 g/mol. The van der Waals surface area contributed by atoms with Gasteiger partial charge in [-0.05, 0) is 62.1 Å². The summed E-state index contributed by atoms with van der Waals surface area (Å²) in [5, 5.41) is 12.3. The lowest BCUT2D eigenvalue weighted by Gasteiger charge is -2.25. The minimum absolute atomic E-state index is 0.192. The molecule has 0 saturated carbocycles. The van der Waals surface area contributed by atoms with Crippen molar-refractivity contribution in [2.75, 3.05) is 11.9 Å². The zero-order valence-electron chi connectivity index (χ0n) is 18.0. The van der Waals surface area contributed by atoms with Crippen molar-refractivity contribution in [3.05, 3.63) is 75.8 Å². The number of carbonyl (C=O) groups excluding carboxylic acids is 2. The van der Waals surface area contributed by atoms with E-state index in [9.17, 15) is 9.59 Å². The van der Waals surface area contributed by atoms with Crippen LogP contribution in [0.2, 0.25) is 5.02 Å². The molecule has 9 heteroatoms. The second kappa shape index (κ2) is 9.00. The maximum Gasteiger partial charge on any atom is 0.322 e. The molecule has 3 aromatic rings. The fourth-order valence-electron chi connectivity index (χ4n) is 3.99. The third-order valence-corrected chi connectivity index (χ3v) is 6.05. The summed E-state index contributed by atoms with van der Waals surface area (Å²) in [6.07, 6.45) is 1.66. The number of halogens is 1. The summed E-state index contributed by atoms with van der Waals surface area (Å²) < 4.78 is 2.04. The SMILES string of the molecule is Cc1ccc(C(N)=O)cc1NC(=O)N1CCC[C@@H]1c1nnc(C)n1Cc1ccc(Cl)cc1. The fourth-order valence-corrected chi connectivity index (χ4v) is 4.11. The van der Waals surface area contributed by atoms with Crippen LogP contribution in [0.25, 0.3) is 0 Å². The van der Waals surface area contributed by atoms with E-state index >= 15 is 0 Å². The van der Waals surface area contributed by atoms with E-state index in [-0.39, 0.29) is 12.1 Å². The number of nitrogens with two attached hydrogens (primary N) is 1. The number of primary amides is 1. The zero-order chi connectivity index (χ0) is 22.8. The molecular weight excluding hydrogens is 428 g/mol. The molecule has 32 heavy (non-hydrogen) atoms. The van der Waals surface area contributed by atoms with Gasteiger partial charge >= 0.3 is 6.03 Å². The van der Waals surface area contributed by atoms with E-state index in [1.807, 2.05) is 42.7 Å². The van der Waals surface area contributed by atoms with E-state index in [1.54, 1.807) is 23.1 Å². The van der Waals surface area contributed by atoms with Gasteiger partial charge in [-0.1, -0.05) is 29.8 Å². The third-order valence-electron chi connectivity index (χ3n) is 5.79. The molecule has 4 rings (SSSR count). The Bertz CT molecular complexity index is 1160. The molecule has 1 aliphatic rings. The Hall–Kier alpha value is -3.39. The number of amides is 3. The number of nitrogens with zero attached hydrogens (tertiary/aromatic N) is 4. The van der Waals surface area contributed by atoms with E-state index in [1.165, 1.54) is 0 Å². The van der Waals surface area contributed by atoms with E-state index in [2.05, 4.69) is 15.5 Å². The lowest BCUT2D eigenvalue weighted by Crippen LogP contribution is -2.36. The lowest BCUT2D eigenvalue weighted by atomic mass is 10.1. The second-order valence-electron chi connectivity index (χ2n) is 7.99. The van der Waals surface area contributed by atoms with Crippen LogP contribution in [0.15, 0.2) is 42.5 Å². The molecule has 3 amide bonds. The summed E-state index contributed by atoms with van der Waals surface area (Å²) in [4.78, 5) is 26.5. The maximum absolute atomic E-state index is 13.2. The van der Waals surface area contributed by atoms with E-state index in [4.69, 9.17) is 17.3 Å². The number of aromatic nitrogens is 3. The first-order valence-electron chi connectivity index (χ1n) is 10.5. The van der Waals surface area contributed by atoms with Gasteiger partial charge in [0.2, 0.25) is 5.91 Å². The highest BCUT2D eigenvalue weighted by molar-refractivity contribution is 6.30. The molecule has 1 atom stereocenters. The van der Waals surface area contributed by atoms with Gasteiger partial charge in [0.15, 0.2) is 5.82 Å². The molecule has 1 aromatic heterocycles. The van der Waals surface area contributed by atoms with Crippen LogP contribution in [0.4, 0.5) is 10.5 Å². The van der Waals surface area contributed by atoms with Crippen molar-refractivity contribution in [3.8, 4) is 0 Å². The molecule has 0 aliphatic carbocycles. The Morgan fingerprint density at radius 1 is 1.16 bits per heavy atom. The van der Waals surface area contributed by atoms with Crippen molar-refractivity contribution < 1.29 is 9.59 Å². The minimum Gasteiger partial charge on any atom is -0.366 e. The van der Waals surface area contributed by atoms with E-state index < -0.39 is 5.91 Å². The first kappa shape index (κ1) is 21.8. The Kier molecular flexibility index (Phi) is 6.14. The standard InChI is InChI=1S/C23H25ClN6O2/c1-14-5-8-17(21(25)31)12-19(14)26-23(32)29-11-3-4-20(29)22-28-27-15(2)30(22)13-16-6-9-18(24)10-7-16/h5-10,12,20H,3-4,11,13H2,1-2H3,(H2,25,31)(H,26,32)/t20-/m1/s1. The van der Waals surface area contributed by atoms with Crippen LogP contribution >= 0.6 is 11.6 Å². The molecule has 0 spiro atoms. The Morgan fingerprint density at radius 3 is 2.62 bits per heavy atom. The summed E-state index contributed by atoms with van der Waals surface area (Å²) in [6.45, 7) is 4.98. The van der Waals surface area contributed by atoms with Crippen molar-refractivity contribution >= 4 is 29.2 Å². The molecule has 0 bridgehead atoms. The zero-order valence-corrected chi connectivity index (χ0v) is 18.8. The van der Waals surface area contributed by atoms with Gasteiger partial charge in [-0.3, -0.25) is 4.79 Å². The molecule has 1 saturated heterocycles. The number of anilines is 1. The van der Waals surface area contributed by atoms with Gasteiger partial charge in [0.25, 0.3) is 0 Å². The second-order valence-corrected chi connectivity index (χ2v) is 8.43. The highest BCUT2D eigenvalue weighted by Crippen LogP contribution is 2.32. The summed E-state index contributed by atoms with van der Waals surface area (Å²) in [5.74, 6) is 1.00. The fraction of sp³-hybridized carbons (Fsp3) is 0.304. The van der Waals surface area contributed by atoms with Gasteiger partial charge in [-0.2, -0.15) is 0 Å². The van der Waals surface area contributed by atoms with Crippen LogP contribution in [-0.2, 0) is 6.54 Å². The molecule has 1 fully saturated rings. The van der Waals surface area contributed by atoms with Gasteiger partial charge in [0, 0.05) is 22.8 Å². The smallest absolute Gasteiger partial charge is 0.322 e. The van der Waals surface area contributed by atoms with Gasteiger partial charge in [0.1, 0.15) is 5.82 Å². The van der Waals surface area contributed by atoms with Crippen molar-refractivity contribution in [1.82, 2.24) is 19.7 Å². The predicted molar refractivity (Wildman–Crippen MR) is 123 cm³/mol. The highest BCUT2D eigenvalue weighted by Gasteiger charge is 2.34. The largest absolute Gasteiger partial charge is 0.366 e. The maximum atomic E-state index is 13.2. The summed E-state index contributed by atoms with van der Waals surface area (Å²) >= 11 is 6.01. The number of aryl methyl sites for hydroxylation is 2. The number of nitrogens with one attached hydrogen (secondary N) is 1. The summed E-state index contributed by atoms with van der Waals surface area (Å²) in [7, 11) is 0. The number of likely N-dealkylation sites (tertiary alicyclic amines) is 1. The molecule has 166 valence electrons. The van der Waals surface area contributed by atoms with Gasteiger partial charge in [-0.25, -0.2) is 4.79 Å². The number of carbonyl (C=O) groups is 2. The van der Waals surface area contributed by atoms with Gasteiger partial charge in [-0.15, -0.1) is 10.2 Å². The number of hydrogen-bond acceptors (Lipinski definition) is 4. The molecular formula is C23H25ClN6O2. The monoisotopic (exact) mass is 452 g/mol. The molecule has 2 heterocycles. The number of rotatable bonds is 5. The molecule has 8 nitrogen and oxygen atoms in total. The first-order chi connectivity index (χ1) is 15.3. The average Bonchev–Trinajstić information content (AvgIpc) is 3.38.